The number of aromatic nitrogens is 2. The van der Waals surface area contributed by atoms with E-state index < -0.39 is 10.1 Å². The number of nitrogens with zero attached hydrogens (tertiary/aromatic N) is 2. The smallest absolute Gasteiger partial charge is 0.308 e. The van der Waals surface area contributed by atoms with Crippen LogP contribution in [-0.2, 0) is 16.5 Å². The summed E-state index contributed by atoms with van der Waals surface area (Å²) in [5, 5.41) is 4.54. The molecule has 0 aliphatic carbocycles. The molecule has 34 heavy (non-hydrogen) atoms. The van der Waals surface area contributed by atoms with Gasteiger partial charge in [0.15, 0.2) is 5.65 Å². The van der Waals surface area contributed by atoms with Crippen molar-refractivity contribution in [2.24, 2.45) is 0 Å². The fourth-order valence-corrected chi connectivity index (χ4v) is 4.85. The standard InChI is InChI=1S/C26H27N3O3S2/c1-4-6-19-8-13-22-23(15-16-27-26(22)28-19)29-24-17-18(3)7-14-25(24)33-21-11-9-20(10-12-21)32-34(30,31)5-2/h7-17H,4-6H2,1-3H3,(H,27,28,29). The fraction of sp³-hybridized carbons (Fsp3) is 0.231. The average molecular weight is 494 g/mol. The Bertz CT molecular complexity index is 1400. The normalized spacial score (nSPS) is 11.5. The quantitative estimate of drug-likeness (QED) is 0.266. The molecule has 0 unspecified atom stereocenters. The molecule has 0 amide bonds. The minimum Gasteiger partial charge on any atom is -0.382 e. The van der Waals surface area contributed by atoms with Crippen LogP contribution in [0, 0.1) is 6.92 Å². The van der Waals surface area contributed by atoms with Crippen molar-refractivity contribution in [1.82, 2.24) is 9.97 Å². The minimum absolute atomic E-state index is 0.0684. The second-order valence-electron chi connectivity index (χ2n) is 7.91. The molecule has 4 rings (SSSR count). The van der Waals surface area contributed by atoms with Gasteiger partial charge in [-0.1, -0.05) is 31.2 Å². The van der Waals surface area contributed by atoms with Crippen LogP contribution in [0.2, 0.25) is 0 Å². The van der Waals surface area contributed by atoms with Crippen molar-refractivity contribution in [3.8, 4) is 5.75 Å². The van der Waals surface area contributed by atoms with E-state index in [-0.39, 0.29) is 5.75 Å². The van der Waals surface area contributed by atoms with Gasteiger partial charge in [0, 0.05) is 27.1 Å². The SMILES string of the molecule is CCCc1ccc2c(Nc3cc(C)ccc3Sc3ccc(OS(=O)(=O)CC)cc3)ccnc2n1. The number of rotatable bonds is 9. The first-order chi connectivity index (χ1) is 16.4. The zero-order valence-electron chi connectivity index (χ0n) is 19.4. The second-order valence-corrected chi connectivity index (χ2v) is 10.9. The van der Waals surface area contributed by atoms with Gasteiger partial charge in [-0.2, -0.15) is 8.42 Å². The van der Waals surface area contributed by atoms with E-state index in [0.29, 0.717) is 5.75 Å². The van der Waals surface area contributed by atoms with Crippen LogP contribution in [-0.4, -0.2) is 24.1 Å². The Morgan fingerprint density at radius 2 is 1.76 bits per heavy atom. The molecular formula is C26H27N3O3S2. The summed E-state index contributed by atoms with van der Waals surface area (Å²) in [6, 6.07) is 19.4. The fourth-order valence-electron chi connectivity index (χ4n) is 3.44. The van der Waals surface area contributed by atoms with E-state index in [0.717, 1.165) is 56.3 Å². The molecule has 2 aromatic heterocycles. The zero-order valence-corrected chi connectivity index (χ0v) is 21.0. The lowest BCUT2D eigenvalue weighted by molar-refractivity contribution is 0.487. The first-order valence-corrected chi connectivity index (χ1v) is 13.6. The molecule has 0 radical (unpaired) electrons. The van der Waals surface area contributed by atoms with Gasteiger partial charge in [0.05, 0.1) is 17.1 Å². The number of aryl methyl sites for hydroxylation is 2. The van der Waals surface area contributed by atoms with Crippen molar-refractivity contribution in [2.75, 3.05) is 11.1 Å². The van der Waals surface area contributed by atoms with Gasteiger partial charge in [-0.25, -0.2) is 9.97 Å². The number of anilines is 2. The Labute approximate surface area is 204 Å². The minimum atomic E-state index is -3.54. The molecule has 0 saturated heterocycles. The van der Waals surface area contributed by atoms with Crippen molar-refractivity contribution in [2.45, 2.75) is 43.4 Å². The number of benzene rings is 2. The van der Waals surface area contributed by atoms with Crippen LogP contribution < -0.4 is 9.50 Å². The Hall–Kier alpha value is -3.10. The highest BCUT2D eigenvalue weighted by Gasteiger charge is 2.12. The molecule has 8 heteroatoms. The first kappa shape index (κ1) is 24.0. The molecule has 1 N–H and O–H groups in total. The number of hydrogen-bond donors (Lipinski definition) is 1. The Morgan fingerprint density at radius 1 is 0.971 bits per heavy atom. The van der Waals surface area contributed by atoms with Crippen LogP contribution in [0.25, 0.3) is 11.0 Å². The van der Waals surface area contributed by atoms with E-state index in [1.165, 1.54) is 0 Å². The predicted molar refractivity (Wildman–Crippen MR) is 139 cm³/mol. The van der Waals surface area contributed by atoms with E-state index in [9.17, 15) is 8.42 Å². The molecule has 0 aliphatic rings. The lowest BCUT2D eigenvalue weighted by atomic mass is 10.1. The van der Waals surface area contributed by atoms with E-state index in [4.69, 9.17) is 9.17 Å². The largest absolute Gasteiger partial charge is 0.382 e. The average Bonchev–Trinajstić information content (AvgIpc) is 2.82. The molecule has 0 spiro atoms. The van der Waals surface area contributed by atoms with Gasteiger partial charge in [-0.3, -0.25) is 0 Å². The summed E-state index contributed by atoms with van der Waals surface area (Å²) < 4.78 is 28.5. The van der Waals surface area contributed by atoms with Crippen LogP contribution in [0.15, 0.2) is 76.7 Å². The predicted octanol–water partition coefficient (Wildman–Crippen LogP) is 6.51. The highest BCUT2D eigenvalue weighted by molar-refractivity contribution is 7.99. The van der Waals surface area contributed by atoms with Crippen molar-refractivity contribution in [3.63, 3.8) is 0 Å². The third-order valence-corrected chi connectivity index (χ3v) is 7.44. The molecule has 2 aromatic carbocycles. The maximum Gasteiger partial charge on any atom is 0.308 e. The molecule has 4 aromatic rings. The van der Waals surface area contributed by atoms with E-state index >= 15 is 0 Å². The topological polar surface area (TPSA) is 81.2 Å². The van der Waals surface area contributed by atoms with Crippen molar-refractivity contribution in [1.29, 1.82) is 0 Å². The summed E-state index contributed by atoms with van der Waals surface area (Å²) in [6.07, 6.45) is 3.75. The summed E-state index contributed by atoms with van der Waals surface area (Å²) in [5.41, 5.74) is 4.84. The third-order valence-electron chi connectivity index (χ3n) is 5.20. The molecule has 0 bridgehead atoms. The van der Waals surface area contributed by atoms with Gasteiger partial charge in [0.1, 0.15) is 5.75 Å². The molecule has 176 valence electrons. The molecule has 0 fully saturated rings. The molecular weight excluding hydrogens is 466 g/mol. The Balaban J connectivity index is 1.60. The summed E-state index contributed by atoms with van der Waals surface area (Å²) in [6.45, 7) is 5.75. The van der Waals surface area contributed by atoms with Gasteiger partial charge in [0.2, 0.25) is 0 Å². The summed E-state index contributed by atoms with van der Waals surface area (Å²) >= 11 is 1.59. The third kappa shape index (κ3) is 5.87. The second kappa shape index (κ2) is 10.4. The van der Waals surface area contributed by atoms with Gasteiger partial charge in [-0.15, -0.1) is 0 Å². The van der Waals surface area contributed by atoms with Gasteiger partial charge < -0.3 is 9.50 Å². The van der Waals surface area contributed by atoms with Gasteiger partial charge in [-0.05, 0) is 80.4 Å². The van der Waals surface area contributed by atoms with Crippen LogP contribution in [0.3, 0.4) is 0 Å². The van der Waals surface area contributed by atoms with Crippen molar-refractivity contribution in [3.05, 3.63) is 78.1 Å². The molecule has 0 aliphatic heterocycles. The zero-order chi connectivity index (χ0) is 24.1. The lowest BCUT2D eigenvalue weighted by Crippen LogP contribution is -2.11. The lowest BCUT2D eigenvalue weighted by Gasteiger charge is -2.15. The van der Waals surface area contributed by atoms with Crippen LogP contribution in [0.1, 0.15) is 31.5 Å². The maximum atomic E-state index is 11.7. The van der Waals surface area contributed by atoms with Gasteiger partial charge >= 0.3 is 10.1 Å². The summed E-state index contributed by atoms with van der Waals surface area (Å²) in [7, 11) is -3.54. The maximum absolute atomic E-state index is 11.7. The number of nitrogens with one attached hydrogen (secondary N) is 1. The summed E-state index contributed by atoms with van der Waals surface area (Å²) in [4.78, 5) is 11.2. The highest BCUT2D eigenvalue weighted by atomic mass is 32.2. The number of pyridine rings is 2. The number of fused-ring (bicyclic) bond motifs is 1. The van der Waals surface area contributed by atoms with Gasteiger partial charge in [0.25, 0.3) is 0 Å². The van der Waals surface area contributed by atoms with Crippen molar-refractivity contribution >= 4 is 44.3 Å². The van der Waals surface area contributed by atoms with Crippen molar-refractivity contribution < 1.29 is 12.6 Å². The Kier molecular flexibility index (Phi) is 7.38. The molecule has 0 saturated carbocycles. The first-order valence-electron chi connectivity index (χ1n) is 11.2. The Morgan fingerprint density at radius 3 is 2.50 bits per heavy atom. The van der Waals surface area contributed by atoms with E-state index in [1.807, 2.05) is 18.2 Å². The molecule has 0 atom stereocenters. The molecule has 6 nitrogen and oxygen atoms in total. The van der Waals surface area contributed by atoms with E-state index in [2.05, 4.69) is 54.5 Å². The number of hydrogen-bond acceptors (Lipinski definition) is 7. The van der Waals surface area contributed by atoms with Crippen LogP contribution in [0.4, 0.5) is 11.4 Å². The molecule has 2 heterocycles. The van der Waals surface area contributed by atoms with Crippen LogP contribution in [0.5, 0.6) is 5.75 Å². The monoisotopic (exact) mass is 493 g/mol. The summed E-state index contributed by atoms with van der Waals surface area (Å²) in [5.74, 6) is 0.243. The van der Waals surface area contributed by atoms with E-state index in [1.54, 1.807) is 37.0 Å². The van der Waals surface area contributed by atoms with Crippen LogP contribution >= 0.6 is 11.8 Å². The highest BCUT2D eigenvalue weighted by Crippen LogP contribution is 2.37.